The van der Waals surface area contributed by atoms with Crippen molar-refractivity contribution in [3.63, 3.8) is 0 Å². The summed E-state index contributed by atoms with van der Waals surface area (Å²) in [6, 6.07) is 0. The fourth-order valence-corrected chi connectivity index (χ4v) is 3.79. The van der Waals surface area contributed by atoms with Crippen LogP contribution >= 0.6 is 0 Å². The zero-order valence-electron chi connectivity index (χ0n) is 15.0. The molecule has 0 bridgehead atoms. The van der Waals surface area contributed by atoms with Gasteiger partial charge in [0.05, 0.1) is 50.2 Å². The molecule has 6 nitrogen and oxygen atoms in total. The van der Waals surface area contributed by atoms with Crippen molar-refractivity contribution in [2.75, 3.05) is 33.0 Å². The summed E-state index contributed by atoms with van der Waals surface area (Å²) >= 11 is 0. The maximum atomic E-state index is 6.11. The van der Waals surface area contributed by atoms with Gasteiger partial charge < -0.3 is 28.4 Å². The van der Waals surface area contributed by atoms with E-state index in [1.54, 1.807) is 0 Å². The second-order valence-corrected chi connectivity index (χ2v) is 8.18. The molecule has 0 aromatic rings. The van der Waals surface area contributed by atoms with E-state index in [-0.39, 0.29) is 17.6 Å². The molecule has 138 valence electrons. The third-order valence-electron chi connectivity index (χ3n) is 5.83. The van der Waals surface area contributed by atoms with E-state index >= 15 is 0 Å². The Kier molecular flexibility index (Phi) is 4.43. The van der Waals surface area contributed by atoms with Crippen molar-refractivity contribution in [3.8, 4) is 0 Å². The summed E-state index contributed by atoms with van der Waals surface area (Å²) in [5.41, 5.74) is -0.206. The van der Waals surface area contributed by atoms with Gasteiger partial charge in [0.15, 0.2) is 11.6 Å². The van der Waals surface area contributed by atoms with Crippen LogP contribution in [0.3, 0.4) is 0 Å². The predicted octanol–water partition coefficient (Wildman–Crippen LogP) is 2.25. The summed E-state index contributed by atoms with van der Waals surface area (Å²) in [5, 5.41) is 0. The second kappa shape index (κ2) is 6.18. The van der Waals surface area contributed by atoms with Gasteiger partial charge in [-0.3, -0.25) is 0 Å². The second-order valence-electron chi connectivity index (χ2n) is 8.18. The van der Waals surface area contributed by atoms with Gasteiger partial charge in [-0.2, -0.15) is 0 Å². The van der Waals surface area contributed by atoms with Gasteiger partial charge in [-0.15, -0.1) is 0 Å². The zero-order chi connectivity index (χ0) is 16.8. The Morgan fingerprint density at radius 1 is 0.917 bits per heavy atom. The Morgan fingerprint density at radius 3 is 2.12 bits per heavy atom. The van der Waals surface area contributed by atoms with E-state index in [1.165, 1.54) is 0 Å². The van der Waals surface area contributed by atoms with Crippen molar-refractivity contribution < 1.29 is 28.4 Å². The highest BCUT2D eigenvalue weighted by Gasteiger charge is 2.52. The van der Waals surface area contributed by atoms with E-state index in [0.29, 0.717) is 39.1 Å². The molecule has 0 N–H and O–H groups in total. The Bertz CT molecular complexity index is 438. The average molecular weight is 342 g/mol. The van der Waals surface area contributed by atoms with E-state index < -0.39 is 11.6 Å². The first-order valence-electron chi connectivity index (χ1n) is 9.28. The first-order chi connectivity index (χ1) is 11.5. The molecule has 0 radical (unpaired) electrons. The van der Waals surface area contributed by atoms with Gasteiger partial charge in [0, 0.05) is 12.8 Å². The average Bonchev–Trinajstić information content (AvgIpc) is 3.34. The number of hydrogen-bond acceptors (Lipinski definition) is 6. The fourth-order valence-electron chi connectivity index (χ4n) is 3.79. The molecule has 0 saturated carbocycles. The van der Waals surface area contributed by atoms with Gasteiger partial charge in [-0.05, 0) is 26.7 Å². The standard InChI is InChI=1S/C18H30O6/c1-4-14-15(24-14)7-16(3)20-8-17(9-21-16)10-22-18(23-11-17)6-5-13(2)19-12-18/h13-15H,4-12H2,1-3H3. The van der Waals surface area contributed by atoms with E-state index in [9.17, 15) is 0 Å². The van der Waals surface area contributed by atoms with E-state index in [1.807, 2.05) is 6.92 Å². The normalized spacial score (nSPS) is 51.9. The Morgan fingerprint density at radius 2 is 1.58 bits per heavy atom. The van der Waals surface area contributed by atoms with Gasteiger partial charge in [0.1, 0.15) is 6.61 Å². The predicted molar refractivity (Wildman–Crippen MR) is 85.6 cm³/mol. The first-order valence-corrected chi connectivity index (χ1v) is 9.28. The summed E-state index contributed by atoms with van der Waals surface area (Å²) < 4.78 is 35.8. The Labute approximate surface area is 144 Å². The molecular formula is C18H30O6. The van der Waals surface area contributed by atoms with Crippen molar-refractivity contribution in [3.05, 3.63) is 0 Å². The SMILES string of the molecule is CCC1OC1CC1(C)OCC2(CO1)COC1(CCC(C)OC1)OC2. The minimum Gasteiger partial charge on any atom is -0.373 e. The summed E-state index contributed by atoms with van der Waals surface area (Å²) in [6.45, 7) is 9.15. The Hall–Kier alpha value is -0.240. The van der Waals surface area contributed by atoms with E-state index in [2.05, 4.69) is 13.8 Å². The number of epoxide rings is 1. The molecule has 4 aliphatic heterocycles. The molecule has 4 heterocycles. The highest BCUT2D eigenvalue weighted by Crippen LogP contribution is 2.42. The van der Waals surface area contributed by atoms with Crippen molar-refractivity contribution in [1.29, 1.82) is 0 Å². The lowest BCUT2D eigenvalue weighted by Crippen LogP contribution is -2.60. The van der Waals surface area contributed by atoms with Crippen molar-refractivity contribution in [2.45, 2.75) is 76.3 Å². The fraction of sp³-hybridized carbons (Fsp3) is 1.00. The van der Waals surface area contributed by atoms with Crippen LogP contribution in [-0.4, -0.2) is 62.9 Å². The van der Waals surface area contributed by atoms with Gasteiger partial charge >= 0.3 is 0 Å². The molecule has 4 aliphatic rings. The van der Waals surface area contributed by atoms with Gasteiger partial charge in [0.2, 0.25) is 0 Å². The molecule has 4 saturated heterocycles. The molecule has 24 heavy (non-hydrogen) atoms. The van der Waals surface area contributed by atoms with Crippen LogP contribution in [0.4, 0.5) is 0 Å². The third-order valence-corrected chi connectivity index (χ3v) is 5.83. The number of rotatable bonds is 3. The van der Waals surface area contributed by atoms with Crippen molar-refractivity contribution >= 4 is 0 Å². The van der Waals surface area contributed by atoms with Gasteiger partial charge in [-0.1, -0.05) is 6.92 Å². The number of hydrogen-bond donors (Lipinski definition) is 0. The van der Waals surface area contributed by atoms with Crippen LogP contribution in [0.1, 0.15) is 46.5 Å². The quantitative estimate of drug-likeness (QED) is 0.733. The lowest BCUT2D eigenvalue weighted by atomic mass is 9.88. The molecule has 2 spiro atoms. The lowest BCUT2D eigenvalue weighted by molar-refractivity contribution is -0.380. The van der Waals surface area contributed by atoms with E-state index in [4.69, 9.17) is 28.4 Å². The van der Waals surface area contributed by atoms with Crippen LogP contribution < -0.4 is 0 Å². The van der Waals surface area contributed by atoms with Crippen LogP contribution in [-0.2, 0) is 28.4 Å². The summed E-state index contributed by atoms with van der Waals surface area (Å²) in [7, 11) is 0. The topological polar surface area (TPSA) is 58.7 Å². The molecule has 0 amide bonds. The third kappa shape index (κ3) is 3.37. The summed E-state index contributed by atoms with van der Waals surface area (Å²) in [6.07, 6.45) is 4.64. The van der Waals surface area contributed by atoms with Crippen LogP contribution in [0.25, 0.3) is 0 Å². The zero-order valence-corrected chi connectivity index (χ0v) is 15.0. The molecule has 3 atom stereocenters. The maximum Gasteiger partial charge on any atom is 0.191 e. The van der Waals surface area contributed by atoms with Gasteiger partial charge in [-0.25, -0.2) is 0 Å². The smallest absolute Gasteiger partial charge is 0.191 e. The molecule has 4 fully saturated rings. The molecule has 0 aromatic carbocycles. The molecule has 0 aromatic heterocycles. The van der Waals surface area contributed by atoms with Crippen LogP contribution in [0.2, 0.25) is 0 Å². The molecular weight excluding hydrogens is 312 g/mol. The summed E-state index contributed by atoms with van der Waals surface area (Å²) in [5.74, 6) is -1.12. The molecule has 4 rings (SSSR count). The molecule has 6 heteroatoms. The minimum atomic E-state index is -0.561. The summed E-state index contributed by atoms with van der Waals surface area (Å²) in [4.78, 5) is 0. The number of ether oxygens (including phenoxy) is 6. The van der Waals surface area contributed by atoms with E-state index in [0.717, 1.165) is 25.7 Å². The largest absolute Gasteiger partial charge is 0.373 e. The van der Waals surface area contributed by atoms with Crippen LogP contribution in [0.5, 0.6) is 0 Å². The highest BCUT2D eigenvalue weighted by atomic mass is 16.7. The first kappa shape index (κ1) is 17.2. The Balaban J connectivity index is 1.28. The monoisotopic (exact) mass is 342 g/mol. The van der Waals surface area contributed by atoms with Crippen molar-refractivity contribution in [2.24, 2.45) is 5.41 Å². The minimum absolute atomic E-state index is 0.206. The van der Waals surface area contributed by atoms with Crippen LogP contribution in [0.15, 0.2) is 0 Å². The van der Waals surface area contributed by atoms with Gasteiger partial charge in [0.25, 0.3) is 0 Å². The molecule has 3 unspecified atom stereocenters. The van der Waals surface area contributed by atoms with Crippen molar-refractivity contribution in [1.82, 2.24) is 0 Å². The van der Waals surface area contributed by atoms with Crippen LogP contribution in [0, 0.1) is 5.41 Å². The maximum absolute atomic E-state index is 6.11. The lowest BCUT2D eigenvalue weighted by Gasteiger charge is -2.51. The highest BCUT2D eigenvalue weighted by molar-refractivity contribution is 4.94. The molecule has 0 aliphatic carbocycles.